The van der Waals surface area contributed by atoms with E-state index in [0.29, 0.717) is 5.92 Å². The summed E-state index contributed by atoms with van der Waals surface area (Å²) in [6.07, 6.45) is 12.4. The van der Waals surface area contributed by atoms with Crippen LogP contribution < -0.4 is 31.1 Å². The molecule has 70 heavy (non-hydrogen) atoms. The fourth-order valence-corrected chi connectivity index (χ4v) is 12.8. The van der Waals surface area contributed by atoms with Crippen molar-refractivity contribution >= 4 is 74.2 Å². The molecule has 4 heteroatoms. The van der Waals surface area contributed by atoms with Crippen LogP contribution in [-0.4, -0.2) is 12.3 Å². The Bertz CT molecular complexity index is 3240. The first-order chi connectivity index (χ1) is 33.2. The Balaban J connectivity index is 1.29. The lowest BCUT2D eigenvalue weighted by Gasteiger charge is -2.49. The van der Waals surface area contributed by atoms with Gasteiger partial charge in [-0.15, -0.1) is 0 Å². The van der Waals surface area contributed by atoms with Gasteiger partial charge in [-0.2, -0.15) is 0 Å². The largest absolute Gasteiger partial charge is 0.334 e. The van der Waals surface area contributed by atoms with Gasteiger partial charge in [-0.3, -0.25) is 0 Å². The highest BCUT2D eigenvalue weighted by atomic mass is 15.3. The second kappa shape index (κ2) is 16.2. The van der Waals surface area contributed by atoms with Gasteiger partial charge >= 0.3 is 0 Å². The second-order valence-electron chi connectivity index (χ2n) is 25.0. The molecule has 0 N–H and O–H groups in total. The molecule has 2 atom stereocenters. The van der Waals surface area contributed by atoms with E-state index in [9.17, 15) is 0 Å². The Hall–Kier alpha value is -6.18. The fraction of sp³-hybridized carbons (Fsp3) is 0.364. The number of nitrogens with zero attached hydrogens (tertiary/aromatic N) is 3. The van der Waals surface area contributed by atoms with E-state index in [4.69, 9.17) is 0 Å². The third-order valence-corrected chi connectivity index (χ3v) is 17.2. The second-order valence-corrected chi connectivity index (χ2v) is 25.0. The van der Waals surface area contributed by atoms with Crippen molar-refractivity contribution in [2.75, 3.05) is 14.7 Å². The highest BCUT2D eigenvalue weighted by Crippen LogP contribution is 2.61. The molecule has 5 aliphatic rings. The van der Waals surface area contributed by atoms with Gasteiger partial charge in [0.2, 0.25) is 0 Å². The molecule has 0 radical (unpaired) electrons. The third-order valence-electron chi connectivity index (χ3n) is 17.2. The number of benzene rings is 6. The van der Waals surface area contributed by atoms with Gasteiger partial charge in [0, 0.05) is 50.8 Å². The molecule has 11 rings (SSSR count). The van der Waals surface area contributed by atoms with E-state index in [1.807, 2.05) is 6.08 Å². The lowest BCUT2D eigenvalue weighted by molar-refractivity contribution is 0.261. The molecule has 0 bridgehead atoms. The number of para-hydroxylation sites is 1. The molecule has 0 saturated heterocycles. The lowest BCUT2D eigenvalue weighted by Crippen LogP contribution is -2.61. The van der Waals surface area contributed by atoms with Crippen LogP contribution in [0.3, 0.4) is 0 Å². The van der Waals surface area contributed by atoms with Crippen molar-refractivity contribution in [3.63, 3.8) is 0 Å². The summed E-state index contributed by atoms with van der Waals surface area (Å²) in [5, 5.41) is 0. The molecular weight excluding hydrogens is 846 g/mol. The first kappa shape index (κ1) is 46.2. The molecule has 3 heterocycles. The van der Waals surface area contributed by atoms with E-state index in [2.05, 4.69) is 244 Å². The minimum atomic E-state index is -0.140. The minimum absolute atomic E-state index is 0.00420. The zero-order valence-electron chi connectivity index (χ0n) is 44.2. The van der Waals surface area contributed by atoms with Gasteiger partial charge in [-0.25, -0.2) is 0 Å². The first-order valence-corrected chi connectivity index (χ1v) is 26.3. The van der Waals surface area contributed by atoms with Gasteiger partial charge in [-0.05, 0) is 165 Å². The van der Waals surface area contributed by atoms with Crippen LogP contribution >= 0.6 is 0 Å². The van der Waals surface area contributed by atoms with Crippen LogP contribution in [0.4, 0.5) is 45.5 Å². The molecule has 2 unspecified atom stereocenters. The molecule has 1 saturated carbocycles. The predicted molar refractivity (Wildman–Crippen MR) is 302 cm³/mol. The number of rotatable bonds is 5. The average molecular weight is 918 g/mol. The average Bonchev–Trinajstić information content (AvgIpc) is 3.39. The fourth-order valence-electron chi connectivity index (χ4n) is 12.8. The van der Waals surface area contributed by atoms with Crippen molar-refractivity contribution < 1.29 is 0 Å². The number of anilines is 8. The topological polar surface area (TPSA) is 9.72 Å². The highest BCUT2D eigenvalue weighted by Gasteiger charge is 2.57. The normalized spacial score (nSPS) is 20.2. The van der Waals surface area contributed by atoms with Crippen LogP contribution in [-0.2, 0) is 21.7 Å². The zero-order chi connectivity index (χ0) is 49.3. The van der Waals surface area contributed by atoms with E-state index in [1.54, 1.807) is 0 Å². The quantitative estimate of drug-likeness (QED) is 0.126. The number of hydrogen-bond acceptors (Lipinski definition) is 3. The van der Waals surface area contributed by atoms with E-state index in [1.165, 1.54) is 121 Å². The summed E-state index contributed by atoms with van der Waals surface area (Å²) in [6, 6.07) is 46.2. The molecule has 3 nitrogen and oxygen atoms in total. The summed E-state index contributed by atoms with van der Waals surface area (Å²) in [5.41, 5.74) is 29.5. The van der Waals surface area contributed by atoms with Crippen LogP contribution in [0, 0.1) is 0 Å². The Morgan fingerprint density at radius 1 is 0.543 bits per heavy atom. The van der Waals surface area contributed by atoms with E-state index in [0.717, 1.165) is 12.0 Å². The van der Waals surface area contributed by atoms with Gasteiger partial charge in [0.05, 0.1) is 11.2 Å². The van der Waals surface area contributed by atoms with Gasteiger partial charge < -0.3 is 14.7 Å². The van der Waals surface area contributed by atoms with Crippen molar-refractivity contribution in [1.82, 2.24) is 0 Å². The SMILES string of the molecule is CC(C)c1ccc2c(c1)N(c1ccc(C(C)(C)C)cc1C1=CC=C=C=C1)c1cc(N3c4ccccc4C4(C)CCCCCC34C)cc3c1B2c1cc(C(C)(C)C)ccc1N3c1ccc(C(C)(C)C)cc1. The molecule has 354 valence electrons. The monoisotopic (exact) mass is 918 g/mol. The lowest BCUT2D eigenvalue weighted by atomic mass is 9.33. The van der Waals surface area contributed by atoms with E-state index < -0.39 is 0 Å². The first-order valence-electron chi connectivity index (χ1n) is 26.3. The zero-order valence-corrected chi connectivity index (χ0v) is 44.2. The maximum absolute atomic E-state index is 3.35. The van der Waals surface area contributed by atoms with Gasteiger partial charge in [0.15, 0.2) is 0 Å². The molecule has 1 fully saturated rings. The van der Waals surface area contributed by atoms with E-state index in [-0.39, 0.29) is 33.9 Å². The smallest absolute Gasteiger partial charge is 0.252 e. The molecule has 6 aromatic carbocycles. The van der Waals surface area contributed by atoms with Crippen molar-refractivity contribution in [1.29, 1.82) is 0 Å². The minimum Gasteiger partial charge on any atom is -0.334 e. The van der Waals surface area contributed by atoms with E-state index >= 15 is 0 Å². The van der Waals surface area contributed by atoms with Gasteiger partial charge in [0.1, 0.15) is 0 Å². The van der Waals surface area contributed by atoms with Crippen LogP contribution in [0.5, 0.6) is 0 Å². The summed E-state index contributed by atoms with van der Waals surface area (Å²) in [4.78, 5) is 8.11. The Morgan fingerprint density at radius 3 is 1.86 bits per heavy atom. The highest BCUT2D eigenvalue weighted by molar-refractivity contribution is 7.00. The Kier molecular flexibility index (Phi) is 10.7. The summed E-state index contributed by atoms with van der Waals surface area (Å²) < 4.78 is 0. The van der Waals surface area contributed by atoms with Crippen molar-refractivity contribution in [2.45, 2.75) is 155 Å². The number of hydrogen-bond donors (Lipinski definition) is 0. The van der Waals surface area contributed by atoms with Crippen molar-refractivity contribution in [2.24, 2.45) is 0 Å². The maximum atomic E-state index is 3.35. The van der Waals surface area contributed by atoms with Crippen LogP contribution in [0.2, 0.25) is 0 Å². The number of allylic oxidation sites excluding steroid dienone is 4. The maximum Gasteiger partial charge on any atom is 0.252 e. The number of fused-ring (bicyclic) bond motifs is 7. The molecule has 0 amide bonds. The predicted octanol–water partition coefficient (Wildman–Crippen LogP) is 16.2. The van der Waals surface area contributed by atoms with Crippen LogP contribution in [0.1, 0.15) is 161 Å². The standard InChI is InChI=1S/C66H72BN3/c1-43(2)45-26-33-53-58(38-45)69(55-34-29-47(63(6,7)8)39-51(55)44-22-16-14-17-23-44)60-42-50(70-56-25-19-18-24-52(56)65(12)36-20-15-21-37-66(65,70)13)41-59-61(60)67(53)54-40-48(64(9,10)11)30-35-57(54)68(59)49-31-27-46(28-32-49)62(3,4)5/h16,18-19,22-35,38-43H,15,20-21,36-37H2,1-13H3. The summed E-state index contributed by atoms with van der Waals surface area (Å²) in [7, 11) is 0. The van der Waals surface area contributed by atoms with Crippen molar-refractivity contribution in [3.05, 3.63) is 178 Å². The van der Waals surface area contributed by atoms with Gasteiger partial charge in [0.25, 0.3) is 6.71 Å². The Labute approximate surface area is 420 Å². The third kappa shape index (κ3) is 7.15. The molecule has 3 aliphatic heterocycles. The van der Waals surface area contributed by atoms with Gasteiger partial charge in [-0.1, -0.05) is 174 Å². The molecule has 0 spiro atoms. The van der Waals surface area contributed by atoms with Crippen LogP contribution in [0.25, 0.3) is 5.57 Å². The van der Waals surface area contributed by atoms with Crippen molar-refractivity contribution in [3.8, 4) is 0 Å². The summed E-state index contributed by atoms with van der Waals surface area (Å²) in [6.45, 7) is 30.8. The molecule has 0 aromatic heterocycles. The molecular formula is C66H72BN3. The molecule has 6 aromatic rings. The summed E-state index contributed by atoms with van der Waals surface area (Å²) in [5.74, 6) is 0.351. The Morgan fingerprint density at radius 2 is 1.19 bits per heavy atom. The van der Waals surface area contributed by atoms with Crippen LogP contribution in [0.15, 0.2) is 145 Å². The summed E-state index contributed by atoms with van der Waals surface area (Å²) >= 11 is 0. The molecule has 2 aliphatic carbocycles.